The van der Waals surface area contributed by atoms with Crippen LogP contribution in [-0.2, 0) is 6.54 Å². The first-order valence-corrected chi connectivity index (χ1v) is 6.94. The molecule has 0 saturated carbocycles. The number of nitrogens with zero attached hydrogens (tertiary/aromatic N) is 2. The Morgan fingerprint density at radius 2 is 1.72 bits per heavy atom. The van der Waals surface area contributed by atoms with Crippen LogP contribution < -0.4 is 14.8 Å². The third kappa shape index (κ3) is 3.91. The zero-order valence-corrected chi connectivity index (χ0v) is 13.3. The average molecular weight is 351 g/mol. The van der Waals surface area contributed by atoms with Crippen molar-refractivity contribution in [2.45, 2.75) is 6.54 Å². The summed E-state index contributed by atoms with van der Waals surface area (Å²) in [6, 6.07) is 5.89. The summed E-state index contributed by atoms with van der Waals surface area (Å²) in [6.07, 6.45) is 0. The van der Waals surface area contributed by atoms with Gasteiger partial charge in [-0.25, -0.2) is 4.39 Å². The number of anilines is 1. The fourth-order valence-electron chi connectivity index (χ4n) is 2.20. The highest BCUT2D eigenvalue weighted by molar-refractivity contribution is 5.65. The molecule has 0 saturated heterocycles. The zero-order valence-electron chi connectivity index (χ0n) is 13.3. The van der Waals surface area contributed by atoms with Crippen LogP contribution in [0.3, 0.4) is 0 Å². The van der Waals surface area contributed by atoms with E-state index in [-0.39, 0.29) is 23.7 Å². The van der Waals surface area contributed by atoms with Gasteiger partial charge in [0.15, 0.2) is 11.6 Å². The lowest BCUT2D eigenvalue weighted by Gasteiger charge is -2.12. The van der Waals surface area contributed by atoms with E-state index in [2.05, 4.69) is 5.32 Å². The topological polar surface area (TPSA) is 117 Å². The fourth-order valence-corrected chi connectivity index (χ4v) is 2.20. The third-order valence-corrected chi connectivity index (χ3v) is 3.41. The van der Waals surface area contributed by atoms with Gasteiger partial charge >= 0.3 is 0 Å². The molecule has 10 heteroatoms. The summed E-state index contributed by atoms with van der Waals surface area (Å²) in [5.41, 5.74) is -0.211. The van der Waals surface area contributed by atoms with Crippen molar-refractivity contribution in [2.75, 3.05) is 19.5 Å². The number of benzene rings is 2. The van der Waals surface area contributed by atoms with Crippen LogP contribution in [0.2, 0.25) is 0 Å². The minimum absolute atomic E-state index is 0.0109. The van der Waals surface area contributed by atoms with Crippen LogP contribution >= 0.6 is 0 Å². The molecule has 0 fully saturated rings. The van der Waals surface area contributed by atoms with Crippen molar-refractivity contribution in [3.8, 4) is 11.5 Å². The van der Waals surface area contributed by atoms with Gasteiger partial charge in [-0.2, -0.15) is 0 Å². The summed E-state index contributed by atoms with van der Waals surface area (Å²) in [6.45, 7) is -0.0134. The van der Waals surface area contributed by atoms with Crippen molar-refractivity contribution >= 4 is 17.1 Å². The van der Waals surface area contributed by atoms with E-state index in [0.717, 1.165) is 12.1 Å². The van der Waals surface area contributed by atoms with Crippen molar-refractivity contribution in [1.29, 1.82) is 0 Å². The van der Waals surface area contributed by atoms with E-state index in [0.29, 0.717) is 11.3 Å². The van der Waals surface area contributed by atoms with E-state index >= 15 is 0 Å². The van der Waals surface area contributed by atoms with Crippen LogP contribution in [0.4, 0.5) is 21.5 Å². The smallest absolute Gasteiger partial charge is 0.295 e. The monoisotopic (exact) mass is 351 g/mol. The van der Waals surface area contributed by atoms with E-state index in [9.17, 15) is 24.6 Å². The zero-order chi connectivity index (χ0) is 18.6. The van der Waals surface area contributed by atoms with Crippen LogP contribution in [0.15, 0.2) is 30.3 Å². The Balaban J connectivity index is 2.36. The maximum absolute atomic E-state index is 13.7. The molecule has 9 nitrogen and oxygen atoms in total. The van der Waals surface area contributed by atoms with Gasteiger partial charge in [0.1, 0.15) is 11.4 Å². The largest absolute Gasteiger partial charge is 0.496 e. The summed E-state index contributed by atoms with van der Waals surface area (Å²) in [7, 11) is 2.63. The molecule has 25 heavy (non-hydrogen) atoms. The average Bonchev–Trinajstić information content (AvgIpc) is 2.59. The molecule has 0 heterocycles. The molecular weight excluding hydrogens is 337 g/mol. The van der Waals surface area contributed by atoms with Crippen LogP contribution in [0.5, 0.6) is 11.5 Å². The van der Waals surface area contributed by atoms with Crippen molar-refractivity contribution in [3.63, 3.8) is 0 Å². The quantitative estimate of drug-likeness (QED) is 0.601. The molecule has 2 aromatic rings. The molecule has 0 bridgehead atoms. The van der Waals surface area contributed by atoms with Crippen LogP contribution in [-0.4, -0.2) is 24.1 Å². The summed E-state index contributed by atoms with van der Waals surface area (Å²) in [5.74, 6) is -0.665. The Kier molecular flexibility index (Phi) is 5.32. The van der Waals surface area contributed by atoms with E-state index in [1.165, 1.54) is 32.4 Å². The number of hydrogen-bond donors (Lipinski definition) is 1. The van der Waals surface area contributed by atoms with Crippen molar-refractivity contribution in [2.24, 2.45) is 0 Å². The number of rotatable bonds is 7. The minimum Gasteiger partial charge on any atom is -0.496 e. The van der Waals surface area contributed by atoms with Gasteiger partial charge in [-0.1, -0.05) is 0 Å². The first-order valence-electron chi connectivity index (χ1n) is 6.94. The Morgan fingerprint density at radius 3 is 2.28 bits per heavy atom. The van der Waals surface area contributed by atoms with Gasteiger partial charge in [-0.15, -0.1) is 0 Å². The van der Waals surface area contributed by atoms with Gasteiger partial charge in [0.25, 0.3) is 11.4 Å². The van der Waals surface area contributed by atoms with Crippen LogP contribution in [0.25, 0.3) is 0 Å². The lowest BCUT2D eigenvalue weighted by molar-refractivity contribution is -0.384. The summed E-state index contributed by atoms with van der Waals surface area (Å²) >= 11 is 0. The Morgan fingerprint density at radius 1 is 1.04 bits per heavy atom. The normalized spacial score (nSPS) is 10.2. The number of non-ortho nitro benzene ring substituents is 1. The molecule has 132 valence electrons. The molecular formula is C15H14FN3O6. The number of methoxy groups -OCH3 is 2. The summed E-state index contributed by atoms with van der Waals surface area (Å²) < 4.78 is 23.6. The molecule has 0 aromatic heterocycles. The van der Waals surface area contributed by atoms with Gasteiger partial charge < -0.3 is 14.8 Å². The molecule has 1 N–H and O–H groups in total. The summed E-state index contributed by atoms with van der Waals surface area (Å²) in [4.78, 5) is 20.7. The highest BCUT2D eigenvalue weighted by atomic mass is 19.1. The van der Waals surface area contributed by atoms with Crippen molar-refractivity contribution < 1.29 is 23.7 Å². The SMILES string of the molecule is COc1cc(NCc2cc([N+](=O)[O-])ccc2OC)c([N+](=O)[O-])cc1F. The predicted molar refractivity (Wildman–Crippen MR) is 86.6 cm³/mol. The molecule has 2 rings (SSSR count). The number of nitro benzene ring substituents is 2. The van der Waals surface area contributed by atoms with Gasteiger partial charge in [-0.05, 0) is 6.07 Å². The highest BCUT2D eigenvalue weighted by Crippen LogP contribution is 2.33. The van der Waals surface area contributed by atoms with E-state index in [1.54, 1.807) is 0 Å². The van der Waals surface area contributed by atoms with E-state index < -0.39 is 21.4 Å². The molecule has 0 aliphatic heterocycles. The van der Waals surface area contributed by atoms with Crippen LogP contribution in [0, 0.1) is 26.0 Å². The first kappa shape index (κ1) is 17.9. The maximum atomic E-state index is 13.7. The molecule has 0 aliphatic carbocycles. The third-order valence-electron chi connectivity index (χ3n) is 3.41. The lowest BCUT2D eigenvalue weighted by atomic mass is 10.1. The maximum Gasteiger partial charge on any atom is 0.295 e. The highest BCUT2D eigenvalue weighted by Gasteiger charge is 2.20. The van der Waals surface area contributed by atoms with E-state index in [4.69, 9.17) is 9.47 Å². The molecule has 0 amide bonds. The Hall–Kier alpha value is -3.43. The van der Waals surface area contributed by atoms with E-state index in [1.807, 2.05) is 0 Å². The van der Waals surface area contributed by atoms with Crippen LogP contribution in [0.1, 0.15) is 5.56 Å². The molecule has 0 atom stereocenters. The second kappa shape index (κ2) is 7.43. The number of hydrogen-bond acceptors (Lipinski definition) is 7. The standard InChI is InChI=1S/C15H14FN3O6/c1-24-14-4-3-10(18(20)21)5-9(14)8-17-12-7-15(25-2)11(16)6-13(12)19(22)23/h3-7,17H,8H2,1-2H3. The lowest BCUT2D eigenvalue weighted by Crippen LogP contribution is -2.06. The number of nitro groups is 2. The fraction of sp³-hybridized carbons (Fsp3) is 0.200. The molecule has 0 aliphatic rings. The van der Waals surface area contributed by atoms with Crippen molar-refractivity contribution in [3.05, 3.63) is 61.9 Å². The van der Waals surface area contributed by atoms with Gasteiger partial charge in [0.05, 0.1) is 30.1 Å². The van der Waals surface area contributed by atoms with Crippen molar-refractivity contribution in [1.82, 2.24) is 0 Å². The first-order chi connectivity index (χ1) is 11.9. The minimum atomic E-state index is -0.868. The second-order valence-electron chi connectivity index (χ2n) is 4.87. The van der Waals surface area contributed by atoms with Gasteiger partial charge in [-0.3, -0.25) is 20.2 Å². The summed E-state index contributed by atoms with van der Waals surface area (Å²) in [5, 5.41) is 24.7. The second-order valence-corrected chi connectivity index (χ2v) is 4.87. The van der Waals surface area contributed by atoms with Gasteiger partial charge in [0, 0.05) is 30.3 Å². The number of ether oxygens (including phenoxy) is 2. The Bertz CT molecular complexity index is 827. The molecule has 0 spiro atoms. The molecule has 0 unspecified atom stereocenters. The number of halogens is 1. The van der Waals surface area contributed by atoms with Gasteiger partial charge in [0.2, 0.25) is 0 Å². The predicted octanol–water partition coefficient (Wildman–Crippen LogP) is 3.27. The molecule has 0 radical (unpaired) electrons. The Labute approximate surface area is 141 Å². The number of nitrogens with one attached hydrogen (secondary N) is 1. The molecule has 2 aromatic carbocycles.